The Bertz CT molecular complexity index is 287. The maximum Gasteiger partial charge on any atom is 0.0555 e. The molecule has 1 heterocycles. The lowest BCUT2D eigenvalue weighted by Gasteiger charge is -2.43. The molecule has 0 aromatic heterocycles. The minimum absolute atomic E-state index is 0.0268. The van der Waals surface area contributed by atoms with Gasteiger partial charge in [0.25, 0.3) is 0 Å². The summed E-state index contributed by atoms with van der Waals surface area (Å²) in [4.78, 5) is 2.75. The largest absolute Gasteiger partial charge is 0.393 e. The van der Waals surface area contributed by atoms with E-state index in [1.807, 2.05) is 0 Å². The highest BCUT2D eigenvalue weighted by Gasteiger charge is 2.46. The maximum atomic E-state index is 10.0. The van der Waals surface area contributed by atoms with Crippen LogP contribution in [0.5, 0.6) is 0 Å². The van der Waals surface area contributed by atoms with Gasteiger partial charge in [0.05, 0.1) is 6.10 Å². The summed E-state index contributed by atoms with van der Waals surface area (Å²) >= 11 is 0. The average molecular weight is 251 g/mol. The standard InChI is InChI=1S/C16H29NO/c1-2-4-13-5-6-14(18)11-15(13)17-10-9-16(12-17)7-3-8-16/h13-15,18H,2-12H2,1H3. The topological polar surface area (TPSA) is 23.5 Å². The zero-order valence-corrected chi connectivity index (χ0v) is 11.9. The minimum Gasteiger partial charge on any atom is -0.393 e. The molecule has 0 radical (unpaired) electrons. The zero-order chi connectivity index (χ0) is 12.6. The first-order chi connectivity index (χ1) is 8.72. The molecular formula is C16H29NO. The van der Waals surface area contributed by atoms with Crippen LogP contribution in [0.3, 0.4) is 0 Å². The molecule has 1 spiro atoms. The lowest BCUT2D eigenvalue weighted by Crippen LogP contribution is -2.46. The lowest BCUT2D eigenvalue weighted by molar-refractivity contribution is 0.0227. The van der Waals surface area contributed by atoms with E-state index in [1.165, 1.54) is 58.0 Å². The summed E-state index contributed by atoms with van der Waals surface area (Å²) in [6.45, 7) is 4.95. The third-order valence-electron chi connectivity index (χ3n) is 5.94. The molecule has 0 aromatic carbocycles. The van der Waals surface area contributed by atoms with Gasteiger partial charge in [0.15, 0.2) is 0 Å². The van der Waals surface area contributed by atoms with Crippen molar-refractivity contribution in [1.29, 1.82) is 0 Å². The third kappa shape index (κ3) is 2.34. The Labute approximate surface area is 112 Å². The number of nitrogens with zero attached hydrogens (tertiary/aromatic N) is 1. The first-order valence-corrected chi connectivity index (χ1v) is 8.14. The lowest BCUT2D eigenvalue weighted by atomic mass is 9.68. The Kier molecular flexibility index (Phi) is 3.68. The molecule has 104 valence electrons. The molecule has 0 amide bonds. The van der Waals surface area contributed by atoms with E-state index >= 15 is 0 Å². The van der Waals surface area contributed by atoms with Gasteiger partial charge in [0, 0.05) is 12.6 Å². The van der Waals surface area contributed by atoms with E-state index in [1.54, 1.807) is 0 Å². The van der Waals surface area contributed by atoms with Crippen LogP contribution in [-0.2, 0) is 0 Å². The van der Waals surface area contributed by atoms with Crippen molar-refractivity contribution < 1.29 is 5.11 Å². The van der Waals surface area contributed by atoms with Crippen LogP contribution in [0.2, 0.25) is 0 Å². The van der Waals surface area contributed by atoms with Crippen molar-refractivity contribution in [3.8, 4) is 0 Å². The molecule has 3 rings (SSSR count). The van der Waals surface area contributed by atoms with Crippen molar-refractivity contribution >= 4 is 0 Å². The predicted molar refractivity (Wildman–Crippen MR) is 74.5 cm³/mol. The van der Waals surface area contributed by atoms with Gasteiger partial charge in [-0.15, -0.1) is 0 Å². The van der Waals surface area contributed by atoms with E-state index in [0.717, 1.165) is 18.8 Å². The van der Waals surface area contributed by atoms with Crippen molar-refractivity contribution in [2.24, 2.45) is 11.3 Å². The van der Waals surface area contributed by atoms with Gasteiger partial charge in [0.2, 0.25) is 0 Å². The molecule has 1 N–H and O–H groups in total. The van der Waals surface area contributed by atoms with Crippen LogP contribution in [0, 0.1) is 11.3 Å². The molecule has 2 saturated carbocycles. The molecule has 1 saturated heterocycles. The average Bonchev–Trinajstić information content (AvgIpc) is 2.76. The molecule has 3 aliphatic rings. The van der Waals surface area contributed by atoms with Crippen molar-refractivity contribution in [2.45, 2.75) is 76.9 Å². The summed E-state index contributed by atoms with van der Waals surface area (Å²) in [6, 6.07) is 0.689. The van der Waals surface area contributed by atoms with Gasteiger partial charge >= 0.3 is 0 Å². The van der Waals surface area contributed by atoms with E-state index in [2.05, 4.69) is 11.8 Å². The summed E-state index contributed by atoms with van der Waals surface area (Å²) in [7, 11) is 0. The molecule has 0 bridgehead atoms. The van der Waals surface area contributed by atoms with Crippen LogP contribution in [0.4, 0.5) is 0 Å². The fourth-order valence-corrected chi connectivity index (χ4v) is 4.68. The summed E-state index contributed by atoms with van der Waals surface area (Å²) in [5.74, 6) is 0.855. The fourth-order valence-electron chi connectivity index (χ4n) is 4.68. The van der Waals surface area contributed by atoms with Crippen LogP contribution in [0.1, 0.15) is 64.7 Å². The summed E-state index contributed by atoms with van der Waals surface area (Å²) in [5, 5.41) is 10.0. The molecule has 1 aliphatic heterocycles. The van der Waals surface area contributed by atoms with E-state index in [4.69, 9.17) is 0 Å². The second-order valence-electron chi connectivity index (χ2n) is 7.16. The summed E-state index contributed by atoms with van der Waals surface area (Å²) in [5.41, 5.74) is 0.708. The minimum atomic E-state index is -0.0268. The number of rotatable bonds is 3. The number of aliphatic hydroxyl groups excluding tert-OH is 1. The molecule has 18 heavy (non-hydrogen) atoms. The second kappa shape index (κ2) is 5.13. The van der Waals surface area contributed by atoms with E-state index in [-0.39, 0.29) is 6.10 Å². The number of likely N-dealkylation sites (tertiary alicyclic amines) is 1. The van der Waals surface area contributed by atoms with E-state index in [9.17, 15) is 5.11 Å². The highest BCUT2D eigenvalue weighted by Crippen LogP contribution is 2.49. The molecule has 2 nitrogen and oxygen atoms in total. The highest BCUT2D eigenvalue weighted by atomic mass is 16.3. The molecule has 0 aromatic rings. The van der Waals surface area contributed by atoms with Gasteiger partial charge in [-0.3, -0.25) is 4.90 Å². The van der Waals surface area contributed by atoms with Crippen LogP contribution < -0.4 is 0 Å². The highest BCUT2D eigenvalue weighted by molar-refractivity contribution is 4.99. The Morgan fingerprint density at radius 2 is 2.06 bits per heavy atom. The van der Waals surface area contributed by atoms with Crippen LogP contribution >= 0.6 is 0 Å². The summed E-state index contributed by atoms with van der Waals surface area (Å²) < 4.78 is 0. The smallest absolute Gasteiger partial charge is 0.0555 e. The van der Waals surface area contributed by atoms with Crippen molar-refractivity contribution in [3.05, 3.63) is 0 Å². The third-order valence-corrected chi connectivity index (χ3v) is 5.94. The fraction of sp³-hybridized carbons (Fsp3) is 1.00. The maximum absolute atomic E-state index is 10.0. The van der Waals surface area contributed by atoms with Gasteiger partial charge in [-0.05, 0) is 62.8 Å². The first kappa shape index (κ1) is 12.9. The monoisotopic (exact) mass is 251 g/mol. The van der Waals surface area contributed by atoms with Crippen LogP contribution in [-0.4, -0.2) is 35.2 Å². The molecule has 3 unspecified atom stereocenters. The Balaban J connectivity index is 1.64. The predicted octanol–water partition coefficient (Wildman–Crippen LogP) is 3.19. The molecule has 3 atom stereocenters. The zero-order valence-electron chi connectivity index (χ0n) is 11.9. The van der Waals surface area contributed by atoms with Crippen LogP contribution in [0.25, 0.3) is 0 Å². The Morgan fingerprint density at radius 3 is 2.67 bits per heavy atom. The quantitative estimate of drug-likeness (QED) is 0.832. The van der Waals surface area contributed by atoms with Crippen LogP contribution in [0.15, 0.2) is 0 Å². The van der Waals surface area contributed by atoms with Gasteiger partial charge < -0.3 is 5.11 Å². The first-order valence-electron chi connectivity index (χ1n) is 8.14. The number of aliphatic hydroxyl groups is 1. The normalized spacial score (nSPS) is 40.0. The van der Waals surface area contributed by atoms with Gasteiger partial charge in [0.1, 0.15) is 0 Å². The molecular weight excluding hydrogens is 222 g/mol. The number of hydrogen-bond donors (Lipinski definition) is 1. The molecule has 2 aliphatic carbocycles. The second-order valence-corrected chi connectivity index (χ2v) is 7.16. The van der Waals surface area contributed by atoms with E-state index in [0.29, 0.717) is 11.5 Å². The SMILES string of the molecule is CCCC1CCC(O)CC1N1CCC2(CCC2)C1. The molecule has 3 fully saturated rings. The van der Waals surface area contributed by atoms with Gasteiger partial charge in [-0.25, -0.2) is 0 Å². The Morgan fingerprint density at radius 1 is 1.22 bits per heavy atom. The summed E-state index contributed by atoms with van der Waals surface area (Å²) in [6.07, 6.45) is 11.8. The number of hydrogen-bond acceptors (Lipinski definition) is 2. The van der Waals surface area contributed by atoms with Crippen molar-refractivity contribution in [2.75, 3.05) is 13.1 Å². The van der Waals surface area contributed by atoms with Gasteiger partial charge in [-0.2, -0.15) is 0 Å². The Hall–Kier alpha value is -0.0800. The van der Waals surface area contributed by atoms with E-state index < -0.39 is 0 Å². The molecule has 2 heteroatoms. The van der Waals surface area contributed by atoms with Crippen molar-refractivity contribution in [3.63, 3.8) is 0 Å². The van der Waals surface area contributed by atoms with Gasteiger partial charge in [-0.1, -0.05) is 19.8 Å². The van der Waals surface area contributed by atoms with Crippen molar-refractivity contribution in [1.82, 2.24) is 4.90 Å².